The molecule has 25 heavy (non-hydrogen) atoms. The van der Waals surface area contributed by atoms with E-state index in [9.17, 15) is 9.90 Å². The van der Waals surface area contributed by atoms with E-state index in [1.807, 2.05) is 12.1 Å². The molecule has 3 nitrogen and oxygen atoms in total. The molecule has 0 aliphatic heterocycles. The minimum absolute atomic E-state index is 0.138. The SMILES string of the molecule is COC(=O)c1cccc(C#CC(C)[C@H]2CCC3C(O)CCC[C@@]32C)c1. The zero-order valence-electron chi connectivity index (χ0n) is 15.4. The second kappa shape index (κ2) is 7.22. The van der Waals surface area contributed by atoms with E-state index in [4.69, 9.17) is 4.74 Å². The molecule has 134 valence electrons. The molecule has 3 unspecified atom stereocenters. The molecule has 2 aliphatic carbocycles. The molecular weight excluding hydrogens is 312 g/mol. The molecule has 2 saturated carbocycles. The van der Waals surface area contributed by atoms with Gasteiger partial charge < -0.3 is 9.84 Å². The van der Waals surface area contributed by atoms with Crippen LogP contribution >= 0.6 is 0 Å². The highest BCUT2D eigenvalue weighted by molar-refractivity contribution is 5.89. The summed E-state index contributed by atoms with van der Waals surface area (Å²) < 4.78 is 4.77. The average molecular weight is 340 g/mol. The number of fused-ring (bicyclic) bond motifs is 1. The van der Waals surface area contributed by atoms with E-state index in [-0.39, 0.29) is 23.4 Å². The molecule has 0 radical (unpaired) electrons. The summed E-state index contributed by atoms with van der Waals surface area (Å²) in [4.78, 5) is 11.6. The van der Waals surface area contributed by atoms with Gasteiger partial charge in [0.05, 0.1) is 18.8 Å². The van der Waals surface area contributed by atoms with E-state index in [0.29, 0.717) is 17.4 Å². The molecule has 2 fully saturated rings. The lowest BCUT2D eigenvalue weighted by Gasteiger charge is -2.44. The van der Waals surface area contributed by atoms with Crippen molar-refractivity contribution in [3.05, 3.63) is 35.4 Å². The summed E-state index contributed by atoms with van der Waals surface area (Å²) in [5.74, 6) is 7.56. The molecule has 0 aromatic heterocycles. The third-order valence-corrected chi connectivity index (χ3v) is 6.49. The predicted octanol–water partition coefficient (Wildman–Crippen LogP) is 4.04. The highest BCUT2D eigenvalue weighted by Gasteiger charge is 2.52. The number of hydrogen-bond donors (Lipinski definition) is 1. The third-order valence-electron chi connectivity index (χ3n) is 6.49. The van der Waals surface area contributed by atoms with Gasteiger partial charge in [-0.2, -0.15) is 0 Å². The number of benzene rings is 1. The number of methoxy groups -OCH3 is 1. The summed E-state index contributed by atoms with van der Waals surface area (Å²) >= 11 is 0. The van der Waals surface area contributed by atoms with Gasteiger partial charge in [0.15, 0.2) is 0 Å². The Morgan fingerprint density at radius 1 is 1.36 bits per heavy atom. The molecule has 0 heterocycles. The van der Waals surface area contributed by atoms with Crippen LogP contribution in [0, 0.1) is 35.0 Å². The van der Waals surface area contributed by atoms with Gasteiger partial charge in [-0.05, 0) is 61.1 Å². The van der Waals surface area contributed by atoms with E-state index in [1.54, 1.807) is 12.1 Å². The maximum absolute atomic E-state index is 11.6. The van der Waals surface area contributed by atoms with Crippen LogP contribution in [0.1, 0.15) is 61.9 Å². The molecule has 1 N–H and O–H groups in total. The number of esters is 1. The number of aliphatic hydroxyl groups is 1. The highest BCUT2D eigenvalue weighted by atomic mass is 16.5. The van der Waals surface area contributed by atoms with Crippen molar-refractivity contribution in [2.45, 2.75) is 52.1 Å². The van der Waals surface area contributed by atoms with Crippen LogP contribution in [0.2, 0.25) is 0 Å². The van der Waals surface area contributed by atoms with Gasteiger partial charge >= 0.3 is 5.97 Å². The first kappa shape index (κ1) is 18.0. The molecule has 0 spiro atoms. The molecule has 5 atom stereocenters. The van der Waals surface area contributed by atoms with Gasteiger partial charge in [-0.25, -0.2) is 4.79 Å². The summed E-state index contributed by atoms with van der Waals surface area (Å²) in [6.07, 6.45) is 5.39. The Kier molecular flexibility index (Phi) is 5.20. The lowest BCUT2D eigenvalue weighted by Crippen LogP contribution is -2.41. The van der Waals surface area contributed by atoms with Gasteiger partial charge in [0.1, 0.15) is 0 Å². The first-order chi connectivity index (χ1) is 12.0. The Hall–Kier alpha value is -1.79. The van der Waals surface area contributed by atoms with Crippen LogP contribution in [0.25, 0.3) is 0 Å². The van der Waals surface area contributed by atoms with Crippen LogP contribution in [-0.4, -0.2) is 24.3 Å². The van der Waals surface area contributed by atoms with Crippen LogP contribution in [-0.2, 0) is 4.74 Å². The van der Waals surface area contributed by atoms with Gasteiger partial charge in [-0.15, -0.1) is 0 Å². The summed E-state index contributed by atoms with van der Waals surface area (Å²) in [5, 5.41) is 10.4. The number of hydrogen-bond acceptors (Lipinski definition) is 3. The number of ether oxygens (including phenoxy) is 1. The lowest BCUT2D eigenvalue weighted by molar-refractivity contribution is -0.0224. The standard InChI is InChI=1S/C22H28O3/c1-15(9-10-16-6-4-7-17(14-16)21(24)25-3)18-11-12-19-20(23)8-5-13-22(18,19)2/h4,6-7,14-15,18-20,23H,5,8,11-13H2,1-3H3/t15?,18-,19?,20?,22-/m1/s1. The third kappa shape index (κ3) is 3.46. The Morgan fingerprint density at radius 2 is 2.16 bits per heavy atom. The van der Waals surface area contributed by atoms with E-state index in [2.05, 4.69) is 25.7 Å². The molecular formula is C22H28O3. The maximum Gasteiger partial charge on any atom is 0.337 e. The normalized spacial score (nSPS) is 32.2. The summed E-state index contributed by atoms with van der Waals surface area (Å²) in [5.41, 5.74) is 1.59. The fourth-order valence-electron chi connectivity index (χ4n) is 5.15. The fourth-order valence-corrected chi connectivity index (χ4v) is 5.15. The largest absolute Gasteiger partial charge is 0.465 e. The number of carbonyl (C=O) groups excluding carboxylic acids is 1. The minimum atomic E-state index is -0.334. The Balaban J connectivity index is 1.76. The molecule has 2 aliphatic rings. The van der Waals surface area contributed by atoms with Crippen molar-refractivity contribution in [3.63, 3.8) is 0 Å². The van der Waals surface area contributed by atoms with Crippen molar-refractivity contribution in [1.82, 2.24) is 0 Å². The first-order valence-electron chi connectivity index (χ1n) is 9.33. The Labute approximate surface area is 150 Å². The van der Waals surface area contributed by atoms with Crippen molar-refractivity contribution in [1.29, 1.82) is 0 Å². The average Bonchev–Trinajstić information content (AvgIpc) is 2.97. The van der Waals surface area contributed by atoms with Crippen molar-refractivity contribution in [2.24, 2.45) is 23.2 Å². The van der Waals surface area contributed by atoms with Crippen molar-refractivity contribution >= 4 is 5.97 Å². The van der Waals surface area contributed by atoms with E-state index < -0.39 is 0 Å². The Bertz CT molecular complexity index is 699. The quantitative estimate of drug-likeness (QED) is 0.653. The van der Waals surface area contributed by atoms with Crippen molar-refractivity contribution < 1.29 is 14.6 Å². The van der Waals surface area contributed by atoms with E-state index >= 15 is 0 Å². The molecule has 0 amide bonds. The van der Waals surface area contributed by atoms with Gasteiger partial charge in [0, 0.05) is 11.5 Å². The van der Waals surface area contributed by atoms with E-state index in [1.165, 1.54) is 13.5 Å². The second-order valence-corrected chi connectivity index (χ2v) is 7.89. The maximum atomic E-state index is 11.6. The van der Waals surface area contributed by atoms with Gasteiger partial charge in [-0.3, -0.25) is 0 Å². The smallest absolute Gasteiger partial charge is 0.337 e. The summed E-state index contributed by atoms with van der Waals surface area (Å²) in [7, 11) is 1.39. The first-order valence-corrected chi connectivity index (χ1v) is 9.33. The molecule has 1 aromatic carbocycles. The van der Waals surface area contributed by atoms with Crippen molar-refractivity contribution in [3.8, 4) is 11.8 Å². The second-order valence-electron chi connectivity index (χ2n) is 7.89. The van der Waals surface area contributed by atoms with Gasteiger partial charge in [0.25, 0.3) is 0 Å². The summed E-state index contributed by atoms with van der Waals surface area (Å²) in [6, 6.07) is 7.29. The zero-order valence-corrected chi connectivity index (χ0v) is 15.4. The predicted molar refractivity (Wildman–Crippen MR) is 98.0 cm³/mol. The Morgan fingerprint density at radius 3 is 2.92 bits per heavy atom. The van der Waals surface area contributed by atoms with E-state index in [0.717, 1.165) is 31.2 Å². The lowest BCUT2D eigenvalue weighted by atomic mass is 9.62. The molecule has 3 heteroatoms. The van der Waals surface area contributed by atoms with Gasteiger partial charge in [-0.1, -0.05) is 38.2 Å². The number of carbonyl (C=O) groups is 1. The zero-order chi connectivity index (χ0) is 18.0. The highest BCUT2D eigenvalue weighted by Crippen LogP contribution is 2.57. The monoisotopic (exact) mass is 340 g/mol. The van der Waals surface area contributed by atoms with Crippen molar-refractivity contribution in [2.75, 3.05) is 7.11 Å². The number of aliphatic hydroxyl groups excluding tert-OH is 1. The minimum Gasteiger partial charge on any atom is -0.465 e. The fraction of sp³-hybridized carbons (Fsp3) is 0.591. The van der Waals surface area contributed by atoms with Crippen LogP contribution in [0.4, 0.5) is 0 Å². The molecule has 3 rings (SSSR count). The molecule has 0 saturated heterocycles. The number of rotatable bonds is 2. The van der Waals surface area contributed by atoms with Crippen LogP contribution in [0.5, 0.6) is 0 Å². The van der Waals surface area contributed by atoms with Crippen LogP contribution in [0.15, 0.2) is 24.3 Å². The van der Waals surface area contributed by atoms with Crippen LogP contribution in [0.3, 0.4) is 0 Å². The summed E-state index contributed by atoms with van der Waals surface area (Å²) in [6.45, 7) is 4.56. The molecule has 0 bridgehead atoms. The van der Waals surface area contributed by atoms with Gasteiger partial charge in [0.2, 0.25) is 0 Å². The van der Waals surface area contributed by atoms with Crippen LogP contribution < -0.4 is 0 Å². The molecule has 1 aromatic rings. The topological polar surface area (TPSA) is 46.5 Å².